The molecular weight excluding hydrogens is 426 g/mol. The van der Waals surface area contributed by atoms with Gasteiger partial charge in [-0.1, -0.05) is 23.9 Å². The van der Waals surface area contributed by atoms with Gasteiger partial charge in [-0.3, -0.25) is 18.7 Å². The van der Waals surface area contributed by atoms with Crippen molar-refractivity contribution in [2.24, 2.45) is 14.1 Å². The molecule has 1 N–H and O–H groups in total. The zero-order valence-corrected chi connectivity index (χ0v) is 19.1. The smallest absolute Gasteiger partial charge is 0.325 e. The Morgan fingerprint density at radius 1 is 1.03 bits per heavy atom. The lowest BCUT2D eigenvalue weighted by Crippen LogP contribution is -2.37. The molecule has 9 heteroatoms. The first-order chi connectivity index (χ1) is 15.2. The Hall–Kier alpha value is -3.59. The highest BCUT2D eigenvalue weighted by Gasteiger charge is 2.16. The van der Waals surface area contributed by atoms with Gasteiger partial charge in [0.2, 0.25) is 5.91 Å². The molecule has 0 radical (unpaired) electrons. The fraction of sp³-hybridized carbons (Fsp3) is 0.217. The molecule has 0 fully saturated rings. The Kier molecular flexibility index (Phi) is 5.75. The molecule has 0 aliphatic carbocycles. The van der Waals surface area contributed by atoms with Gasteiger partial charge in [0, 0.05) is 29.6 Å². The second kappa shape index (κ2) is 8.51. The molecule has 4 rings (SSSR count). The Labute approximate surface area is 188 Å². The van der Waals surface area contributed by atoms with Crippen molar-refractivity contribution in [3.8, 4) is 0 Å². The topological polar surface area (TPSA) is 90.9 Å². The SMILES string of the molecule is Cc1ccc(C)c(Sc2ccc(NC(=O)Cn3cnc4c3c(=O)n(C)c(=O)n4C)cc2)c1. The molecule has 8 nitrogen and oxygen atoms in total. The maximum absolute atomic E-state index is 12.6. The molecule has 164 valence electrons. The number of hydrogen-bond donors (Lipinski definition) is 1. The van der Waals surface area contributed by atoms with Crippen molar-refractivity contribution in [2.45, 2.75) is 30.2 Å². The quantitative estimate of drug-likeness (QED) is 0.506. The summed E-state index contributed by atoms with van der Waals surface area (Å²) in [7, 11) is 2.94. The number of nitrogens with zero attached hydrogens (tertiary/aromatic N) is 4. The minimum absolute atomic E-state index is 0.0943. The summed E-state index contributed by atoms with van der Waals surface area (Å²) in [4.78, 5) is 43.6. The Morgan fingerprint density at radius 2 is 1.75 bits per heavy atom. The predicted molar refractivity (Wildman–Crippen MR) is 125 cm³/mol. The second-order valence-electron chi connectivity index (χ2n) is 7.69. The molecule has 0 saturated heterocycles. The van der Waals surface area contributed by atoms with Gasteiger partial charge >= 0.3 is 5.69 Å². The third kappa shape index (κ3) is 4.11. The normalized spacial score (nSPS) is 11.1. The maximum Gasteiger partial charge on any atom is 0.332 e. The summed E-state index contributed by atoms with van der Waals surface area (Å²) in [5.41, 5.74) is 2.60. The van der Waals surface area contributed by atoms with Gasteiger partial charge in [0.15, 0.2) is 11.2 Å². The van der Waals surface area contributed by atoms with Gasteiger partial charge in [-0.25, -0.2) is 9.78 Å². The van der Waals surface area contributed by atoms with Gasteiger partial charge in [-0.2, -0.15) is 0 Å². The van der Waals surface area contributed by atoms with E-state index in [1.165, 1.54) is 38.5 Å². The summed E-state index contributed by atoms with van der Waals surface area (Å²) >= 11 is 1.68. The summed E-state index contributed by atoms with van der Waals surface area (Å²) in [6.07, 6.45) is 1.40. The molecule has 0 spiro atoms. The van der Waals surface area contributed by atoms with Crippen molar-refractivity contribution >= 4 is 34.5 Å². The van der Waals surface area contributed by atoms with Crippen LogP contribution in [0.25, 0.3) is 11.2 Å². The van der Waals surface area contributed by atoms with Crippen LogP contribution in [-0.2, 0) is 25.4 Å². The van der Waals surface area contributed by atoms with E-state index in [4.69, 9.17) is 0 Å². The number of hydrogen-bond acceptors (Lipinski definition) is 5. The third-order valence-electron chi connectivity index (χ3n) is 5.24. The molecule has 1 amide bonds. The average Bonchev–Trinajstić information content (AvgIpc) is 3.18. The number of carbonyl (C=O) groups is 1. The van der Waals surface area contributed by atoms with E-state index >= 15 is 0 Å². The van der Waals surface area contributed by atoms with Crippen molar-refractivity contribution < 1.29 is 4.79 Å². The highest BCUT2D eigenvalue weighted by atomic mass is 32.2. The molecule has 0 unspecified atom stereocenters. The molecule has 0 aliphatic heterocycles. The number of nitrogens with one attached hydrogen (secondary N) is 1. The maximum atomic E-state index is 12.6. The summed E-state index contributed by atoms with van der Waals surface area (Å²) in [6, 6.07) is 14.0. The molecule has 2 aromatic heterocycles. The van der Waals surface area contributed by atoms with Gasteiger partial charge < -0.3 is 9.88 Å². The number of carbonyl (C=O) groups excluding carboxylic acids is 1. The third-order valence-corrected chi connectivity index (χ3v) is 6.41. The fourth-order valence-corrected chi connectivity index (χ4v) is 4.42. The molecule has 4 aromatic rings. The molecular formula is C23H23N5O3S. The van der Waals surface area contributed by atoms with E-state index in [1.54, 1.807) is 18.8 Å². The summed E-state index contributed by atoms with van der Waals surface area (Å²) in [5, 5.41) is 2.84. The van der Waals surface area contributed by atoms with Crippen LogP contribution in [0.4, 0.5) is 5.69 Å². The van der Waals surface area contributed by atoms with Crippen LogP contribution in [-0.4, -0.2) is 24.6 Å². The van der Waals surface area contributed by atoms with Crippen LogP contribution in [0.3, 0.4) is 0 Å². The monoisotopic (exact) mass is 449 g/mol. The number of anilines is 1. The lowest BCUT2D eigenvalue weighted by atomic mass is 10.2. The van der Waals surface area contributed by atoms with E-state index in [0.717, 1.165) is 9.46 Å². The second-order valence-corrected chi connectivity index (χ2v) is 8.81. The van der Waals surface area contributed by atoms with E-state index < -0.39 is 11.2 Å². The Morgan fingerprint density at radius 3 is 2.47 bits per heavy atom. The largest absolute Gasteiger partial charge is 0.332 e. The van der Waals surface area contributed by atoms with Crippen LogP contribution in [0.1, 0.15) is 11.1 Å². The van der Waals surface area contributed by atoms with Gasteiger partial charge in [0.1, 0.15) is 6.54 Å². The van der Waals surface area contributed by atoms with Crippen molar-refractivity contribution in [3.05, 3.63) is 80.8 Å². The minimum atomic E-state index is -0.485. The van der Waals surface area contributed by atoms with E-state index in [1.807, 2.05) is 24.3 Å². The first-order valence-electron chi connectivity index (χ1n) is 10.0. The zero-order valence-electron chi connectivity index (χ0n) is 18.2. The molecule has 0 saturated carbocycles. The van der Waals surface area contributed by atoms with Crippen molar-refractivity contribution in [3.63, 3.8) is 0 Å². The number of imidazole rings is 1. The molecule has 0 bridgehead atoms. The van der Waals surface area contributed by atoms with Crippen LogP contribution < -0.4 is 16.6 Å². The Balaban J connectivity index is 1.49. The summed E-state index contributed by atoms with van der Waals surface area (Å²) in [6.45, 7) is 4.06. The number of rotatable bonds is 5. The average molecular weight is 450 g/mol. The van der Waals surface area contributed by atoms with Gasteiger partial charge in [0.05, 0.1) is 6.33 Å². The highest BCUT2D eigenvalue weighted by Crippen LogP contribution is 2.31. The van der Waals surface area contributed by atoms with Gasteiger partial charge in [-0.05, 0) is 55.3 Å². The van der Waals surface area contributed by atoms with Crippen LogP contribution >= 0.6 is 11.8 Å². The number of benzene rings is 2. The summed E-state index contributed by atoms with van der Waals surface area (Å²) < 4.78 is 3.75. The number of aromatic nitrogens is 4. The van der Waals surface area contributed by atoms with E-state index in [-0.39, 0.29) is 23.6 Å². The van der Waals surface area contributed by atoms with E-state index in [9.17, 15) is 14.4 Å². The molecule has 0 atom stereocenters. The number of fused-ring (bicyclic) bond motifs is 1. The van der Waals surface area contributed by atoms with Gasteiger partial charge in [-0.15, -0.1) is 0 Å². The number of aryl methyl sites for hydroxylation is 3. The van der Waals surface area contributed by atoms with Crippen molar-refractivity contribution in [1.82, 2.24) is 18.7 Å². The molecule has 32 heavy (non-hydrogen) atoms. The zero-order chi connectivity index (χ0) is 23.0. The highest BCUT2D eigenvalue weighted by molar-refractivity contribution is 7.99. The first-order valence-corrected chi connectivity index (χ1v) is 10.8. The molecule has 0 aliphatic rings. The Bertz CT molecular complexity index is 1450. The molecule has 2 heterocycles. The lowest BCUT2D eigenvalue weighted by molar-refractivity contribution is -0.116. The van der Waals surface area contributed by atoms with Gasteiger partial charge in [0.25, 0.3) is 5.56 Å². The summed E-state index contributed by atoms with van der Waals surface area (Å²) in [5.74, 6) is -0.296. The van der Waals surface area contributed by atoms with Crippen molar-refractivity contribution in [1.29, 1.82) is 0 Å². The van der Waals surface area contributed by atoms with E-state index in [0.29, 0.717) is 5.69 Å². The fourth-order valence-electron chi connectivity index (χ4n) is 3.42. The first kappa shape index (κ1) is 21.6. The van der Waals surface area contributed by atoms with Crippen LogP contribution in [0, 0.1) is 13.8 Å². The minimum Gasteiger partial charge on any atom is -0.325 e. The van der Waals surface area contributed by atoms with Crippen LogP contribution in [0.15, 0.2) is 68.2 Å². The standard InChI is InChI=1S/C23H23N5O3S/c1-14-5-6-15(2)18(11-14)32-17-9-7-16(8-10-17)25-19(29)12-28-13-24-21-20(28)22(30)27(4)23(31)26(21)3/h5-11,13H,12H2,1-4H3,(H,25,29). The van der Waals surface area contributed by atoms with E-state index in [2.05, 4.69) is 42.3 Å². The van der Waals surface area contributed by atoms with Crippen molar-refractivity contribution in [2.75, 3.05) is 5.32 Å². The lowest BCUT2D eigenvalue weighted by Gasteiger charge is -2.09. The predicted octanol–water partition coefficient (Wildman–Crippen LogP) is 2.84. The van der Waals surface area contributed by atoms with Crippen LogP contribution in [0.2, 0.25) is 0 Å². The van der Waals surface area contributed by atoms with Crippen LogP contribution in [0.5, 0.6) is 0 Å². The molecule has 2 aromatic carbocycles. The number of amides is 1.